The number of fused-ring (bicyclic) bond motifs is 1. The molecule has 2 atom stereocenters. The number of hydrogen-bond acceptors (Lipinski definition) is 4. The fourth-order valence-corrected chi connectivity index (χ4v) is 3.26. The van der Waals surface area contributed by atoms with Crippen LogP contribution >= 0.6 is 0 Å². The lowest BCUT2D eigenvalue weighted by molar-refractivity contribution is -0.112. The summed E-state index contributed by atoms with van der Waals surface area (Å²) in [5.74, 6) is 2.59. The Morgan fingerprint density at radius 1 is 1.19 bits per heavy atom. The lowest BCUT2D eigenvalue weighted by atomic mass is 9.82. The predicted octanol–water partition coefficient (Wildman–Crippen LogP) is 2.55. The highest BCUT2D eigenvalue weighted by Gasteiger charge is 2.21. The Labute approximate surface area is 125 Å². The van der Waals surface area contributed by atoms with Crippen LogP contribution in [0.1, 0.15) is 31.2 Å². The Morgan fingerprint density at radius 3 is 2.90 bits per heavy atom. The molecule has 1 N–H and O–H groups in total. The van der Waals surface area contributed by atoms with Gasteiger partial charge in [-0.15, -0.1) is 0 Å². The van der Waals surface area contributed by atoms with E-state index in [4.69, 9.17) is 9.47 Å². The molecule has 21 heavy (non-hydrogen) atoms. The van der Waals surface area contributed by atoms with E-state index in [9.17, 15) is 4.79 Å². The van der Waals surface area contributed by atoms with Crippen LogP contribution in [-0.4, -0.2) is 26.0 Å². The maximum atomic E-state index is 10.9. The van der Waals surface area contributed by atoms with Gasteiger partial charge >= 0.3 is 0 Å². The molecule has 1 fully saturated rings. The van der Waals surface area contributed by atoms with Crippen LogP contribution in [0.5, 0.6) is 11.5 Å². The van der Waals surface area contributed by atoms with Crippen molar-refractivity contribution >= 4 is 6.29 Å². The third kappa shape index (κ3) is 3.76. The summed E-state index contributed by atoms with van der Waals surface area (Å²) in [5.41, 5.74) is 1.21. The van der Waals surface area contributed by atoms with E-state index < -0.39 is 0 Å². The third-order valence-corrected chi connectivity index (χ3v) is 4.38. The van der Waals surface area contributed by atoms with Gasteiger partial charge in [-0.05, 0) is 49.4 Å². The van der Waals surface area contributed by atoms with Crippen LogP contribution < -0.4 is 14.8 Å². The fourth-order valence-electron chi connectivity index (χ4n) is 3.26. The number of carbonyl (C=O) groups is 1. The van der Waals surface area contributed by atoms with Crippen molar-refractivity contribution in [1.29, 1.82) is 0 Å². The monoisotopic (exact) mass is 289 g/mol. The SMILES string of the molecule is O=CC1CCCC(CNCc2ccc3c(c2)OCCO3)C1. The van der Waals surface area contributed by atoms with Gasteiger partial charge in [0.2, 0.25) is 0 Å². The van der Waals surface area contributed by atoms with E-state index >= 15 is 0 Å². The molecule has 0 saturated heterocycles. The standard InChI is InChI=1S/C17H23NO3/c19-12-15-3-1-2-13(8-15)10-18-11-14-4-5-16-17(9-14)21-7-6-20-16/h4-5,9,12-13,15,18H,1-3,6-8,10-11H2. The second-order valence-corrected chi connectivity index (χ2v) is 6.04. The second kappa shape index (κ2) is 6.94. The van der Waals surface area contributed by atoms with Crippen LogP contribution in [0.3, 0.4) is 0 Å². The Balaban J connectivity index is 1.48. The number of hydrogen-bond donors (Lipinski definition) is 1. The van der Waals surface area contributed by atoms with E-state index in [-0.39, 0.29) is 5.92 Å². The van der Waals surface area contributed by atoms with Gasteiger partial charge < -0.3 is 19.6 Å². The summed E-state index contributed by atoms with van der Waals surface area (Å²) in [6.07, 6.45) is 5.66. The molecule has 0 aromatic heterocycles. The Hall–Kier alpha value is -1.55. The minimum Gasteiger partial charge on any atom is -0.486 e. The molecule has 3 rings (SSSR count). The van der Waals surface area contributed by atoms with Crippen molar-refractivity contribution in [3.8, 4) is 11.5 Å². The smallest absolute Gasteiger partial charge is 0.161 e. The van der Waals surface area contributed by atoms with Crippen molar-refractivity contribution in [3.05, 3.63) is 23.8 Å². The first kappa shape index (κ1) is 14.4. The van der Waals surface area contributed by atoms with Crippen molar-refractivity contribution in [2.75, 3.05) is 19.8 Å². The van der Waals surface area contributed by atoms with Crippen molar-refractivity contribution < 1.29 is 14.3 Å². The summed E-state index contributed by atoms with van der Waals surface area (Å²) in [4.78, 5) is 10.9. The van der Waals surface area contributed by atoms with Gasteiger partial charge in [0.25, 0.3) is 0 Å². The molecular weight excluding hydrogens is 266 g/mol. The van der Waals surface area contributed by atoms with Crippen molar-refractivity contribution in [2.24, 2.45) is 11.8 Å². The van der Waals surface area contributed by atoms with E-state index in [1.807, 2.05) is 6.07 Å². The summed E-state index contributed by atoms with van der Waals surface area (Å²) < 4.78 is 11.1. The Bertz CT molecular complexity index is 489. The van der Waals surface area contributed by atoms with E-state index in [2.05, 4.69) is 17.4 Å². The molecule has 0 bridgehead atoms. The minimum absolute atomic E-state index is 0.278. The quantitative estimate of drug-likeness (QED) is 0.846. The summed E-state index contributed by atoms with van der Waals surface area (Å²) >= 11 is 0. The fraction of sp³-hybridized carbons (Fsp3) is 0.588. The highest BCUT2D eigenvalue weighted by Crippen LogP contribution is 2.31. The van der Waals surface area contributed by atoms with Crippen LogP contribution in [0.25, 0.3) is 0 Å². The van der Waals surface area contributed by atoms with Crippen LogP contribution in [0.2, 0.25) is 0 Å². The van der Waals surface area contributed by atoms with Crippen molar-refractivity contribution in [3.63, 3.8) is 0 Å². The minimum atomic E-state index is 0.278. The lowest BCUT2D eigenvalue weighted by Crippen LogP contribution is -2.27. The normalized spacial score (nSPS) is 24.6. The summed E-state index contributed by atoms with van der Waals surface area (Å²) in [6, 6.07) is 6.11. The zero-order chi connectivity index (χ0) is 14.5. The summed E-state index contributed by atoms with van der Waals surface area (Å²) in [6.45, 7) is 3.07. The molecule has 1 aliphatic carbocycles. The molecule has 1 heterocycles. The van der Waals surface area contributed by atoms with Gasteiger partial charge in [0, 0.05) is 12.5 Å². The van der Waals surface area contributed by atoms with Gasteiger partial charge in [0.1, 0.15) is 19.5 Å². The molecule has 0 amide bonds. The molecule has 2 aliphatic rings. The molecule has 1 saturated carbocycles. The first-order valence-corrected chi connectivity index (χ1v) is 7.89. The maximum absolute atomic E-state index is 10.9. The highest BCUT2D eigenvalue weighted by molar-refractivity contribution is 5.53. The predicted molar refractivity (Wildman–Crippen MR) is 80.7 cm³/mol. The van der Waals surface area contributed by atoms with Crippen LogP contribution in [0.15, 0.2) is 18.2 Å². The topological polar surface area (TPSA) is 47.6 Å². The summed E-state index contributed by atoms with van der Waals surface area (Å²) in [7, 11) is 0. The number of carbonyl (C=O) groups excluding carboxylic acids is 1. The first-order chi connectivity index (χ1) is 10.3. The zero-order valence-electron chi connectivity index (χ0n) is 12.3. The molecule has 1 aliphatic heterocycles. The number of nitrogens with one attached hydrogen (secondary N) is 1. The molecule has 0 spiro atoms. The van der Waals surface area contributed by atoms with Crippen molar-refractivity contribution in [1.82, 2.24) is 5.32 Å². The van der Waals surface area contributed by atoms with Crippen LogP contribution in [0, 0.1) is 11.8 Å². The molecule has 2 unspecified atom stereocenters. The van der Waals surface area contributed by atoms with Gasteiger partial charge in [-0.1, -0.05) is 12.5 Å². The lowest BCUT2D eigenvalue weighted by Gasteiger charge is -2.26. The average Bonchev–Trinajstić information content (AvgIpc) is 2.55. The number of aldehydes is 1. The third-order valence-electron chi connectivity index (χ3n) is 4.38. The van der Waals surface area contributed by atoms with Gasteiger partial charge in [0.05, 0.1) is 0 Å². The molecule has 1 aromatic carbocycles. The number of ether oxygens (including phenoxy) is 2. The van der Waals surface area contributed by atoms with E-state index in [1.54, 1.807) is 0 Å². The van der Waals surface area contributed by atoms with E-state index in [1.165, 1.54) is 18.4 Å². The zero-order valence-corrected chi connectivity index (χ0v) is 12.3. The first-order valence-electron chi connectivity index (χ1n) is 7.89. The largest absolute Gasteiger partial charge is 0.486 e. The van der Waals surface area contributed by atoms with Crippen LogP contribution in [-0.2, 0) is 11.3 Å². The summed E-state index contributed by atoms with van der Waals surface area (Å²) in [5, 5.41) is 3.51. The molecule has 114 valence electrons. The maximum Gasteiger partial charge on any atom is 0.161 e. The van der Waals surface area contributed by atoms with Gasteiger partial charge in [-0.2, -0.15) is 0 Å². The highest BCUT2D eigenvalue weighted by atomic mass is 16.6. The van der Waals surface area contributed by atoms with Gasteiger partial charge in [-0.3, -0.25) is 0 Å². The Kier molecular flexibility index (Phi) is 4.76. The molecule has 4 heteroatoms. The molecule has 1 aromatic rings. The number of benzene rings is 1. The molecule has 0 radical (unpaired) electrons. The molecule has 4 nitrogen and oxygen atoms in total. The number of rotatable bonds is 5. The average molecular weight is 289 g/mol. The van der Waals surface area contributed by atoms with Gasteiger partial charge in [-0.25, -0.2) is 0 Å². The Morgan fingerprint density at radius 2 is 2.05 bits per heavy atom. The van der Waals surface area contributed by atoms with E-state index in [0.717, 1.165) is 43.7 Å². The van der Waals surface area contributed by atoms with E-state index in [0.29, 0.717) is 19.1 Å². The van der Waals surface area contributed by atoms with Crippen molar-refractivity contribution in [2.45, 2.75) is 32.2 Å². The van der Waals surface area contributed by atoms with Crippen LogP contribution in [0.4, 0.5) is 0 Å². The molecular formula is C17H23NO3. The second-order valence-electron chi connectivity index (χ2n) is 6.04. The van der Waals surface area contributed by atoms with Gasteiger partial charge in [0.15, 0.2) is 11.5 Å².